The zero-order valence-corrected chi connectivity index (χ0v) is 36.2. The molecule has 0 amide bonds. The van der Waals surface area contributed by atoms with Crippen molar-refractivity contribution in [3.63, 3.8) is 0 Å². The minimum absolute atomic E-state index is 0.407. The van der Waals surface area contributed by atoms with Gasteiger partial charge in [-0.25, -0.2) is 0 Å². The number of nitrogens with zero attached hydrogens (tertiary/aromatic N) is 2. The van der Waals surface area contributed by atoms with E-state index in [1.807, 2.05) is 0 Å². The molecule has 0 spiro atoms. The fourth-order valence-electron chi connectivity index (χ4n) is 11.4. The molecule has 1 aliphatic rings. The summed E-state index contributed by atoms with van der Waals surface area (Å²) in [7, 11) is 0. The molecule has 10 aromatic carbocycles. The van der Waals surface area contributed by atoms with Gasteiger partial charge in [0.1, 0.15) is 11.2 Å². The normalized spacial score (nSPS) is 13.6. The molecule has 66 heavy (non-hydrogen) atoms. The van der Waals surface area contributed by atoms with Crippen LogP contribution in [0.1, 0.15) is 22.6 Å². The lowest BCUT2D eigenvalue weighted by Crippen LogP contribution is -2.14. The lowest BCUT2D eigenvalue weighted by molar-refractivity contribution is 0.669. The van der Waals surface area contributed by atoms with Gasteiger partial charge in [-0.3, -0.25) is 0 Å². The molecule has 0 fully saturated rings. The zero-order chi connectivity index (χ0) is 43.3. The number of furan rings is 1. The lowest BCUT2D eigenvalue weighted by atomic mass is 9.75. The van der Waals surface area contributed by atoms with E-state index >= 15 is 0 Å². The highest BCUT2D eigenvalue weighted by molar-refractivity contribution is 6.18. The van der Waals surface area contributed by atoms with Gasteiger partial charge in [-0.2, -0.15) is 0 Å². The van der Waals surface area contributed by atoms with E-state index in [-0.39, 0.29) is 0 Å². The molecule has 0 aliphatic heterocycles. The highest BCUT2D eigenvalue weighted by atomic mass is 16.3. The number of hydrogen-bond donors (Lipinski definition) is 0. The van der Waals surface area contributed by atoms with E-state index in [0.717, 1.165) is 46.0 Å². The summed E-state index contributed by atoms with van der Waals surface area (Å²) in [6, 6.07) is 82.4. The van der Waals surface area contributed by atoms with E-state index in [0.29, 0.717) is 5.92 Å². The number of benzene rings is 10. The summed E-state index contributed by atoms with van der Waals surface area (Å²) >= 11 is 0. The smallest absolute Gasteiger partial charge is 0.136 e. The summed E-state index contributed by atoms with van der Waals surface area (Å²) in [5.41, 5.74) is 20.6. The molecular weight excluding hydrogens is 801 g/mol. The van der Waals surface area contributed by atoms with E-state index in [9.17, 15) is 0 Å². The van der Waals surface area contributed by atoms with E-state index in [4.69, 9.17) is 4.42 Å². The summed E-state index contributed by atoms with van der Waals surface area (Å²) in [4.78, 5) is 0. The third-order valence-electron chi connectivity index (χ3n) is 14.3. The summed E-state index contributed by atoms with van der Waals surface area (Å²) < 4.78 is 11.5. The lowest BCUT2D eigenvalue weighted by Gasteiger charge is -2.29. The Balaban J connectivity index is 0.936. The standard InChI is InChI=1S/C63H42N2O/c1-4-15-40(16-5-1)35-45-36-44-27-31-52-54-39-43(29-33-58(54)65(47-19-8-3-9-20-47)63(52)61(44)51-23-11-10-21-48(45)51)49-24-14-26-60-62(49)55-38-42(30-34-59(55)66-60)41-28-32-57-53(37-41)50-22-12-13-25-56(50)64(57)46-17-6-2-7-18-46/h1-34,37-39,45H,35-36H2. The first kappa shape index (κ1) is 37.0. The Bertz CT molecular complexity index is 4040. The fourth-order valence-corrected chi connectivity index (χ4v) is 11.4. The molecule has 14 rings (SSSR count). The molecule has 1 aliphatic carbocycles. The highest BCUT2D eigenvalue weighted by Crippen LogP contribution is 2.48. The summed E-state index contributed by atoms with van der Waals surface area (Å²) in [6.45, 7) is 0. The first-order valence-corrected chi connectivity index (χ1v) is 23.1. The maximum absolute atomic E-state index is 6.64. The average Bonchev–Trinajstić information content (AvgIpc) is 4.04. The Morgan fingerprint density at radius 3 is 1.83 bits per heavy atom. The molecule has 13 aromatic rings. The Hall–Kier alpha value is -8.40. The Labute approximate surface area is 382 Å². The van der Waals surface area contributed by atoms with Gasteiger partial charge in [-0.1, -0.05) is 152 Å². The molecule has 0 N–H and O–H groups in total. The molecule has 0 bridgehead atoms. The van der Waals surface area contributed by atoms with E-state index in [2.05, 4.69) is 234 Å². The monoisotopic (exact) mass is 842 g/mol. The first-order valence-electron chi connectivity index (χ1n) is 23.1. The van der Waals surface area contributed by atoms with Crippen molar-refractivity contribution in [1.82, 2.24) is 9.13 Å². The van der Waals surface area contributed by atoms with Crippen LogP contribution in [0.3, 0.4) is 0 Å². The molecule has 0 radical (unpaired) electrons. The second kappa shape index (κ2) is 14.6. The van der Waals surface area contributed by atoms with Gasteiger partial charge in [0.2, 0.25) is 0 Å². The molecule has 0 saturated carbocycles. The largest absolute Gasteiger partial charge is 0.456 e. The molecular formula is C63H42N2O. The van der Waals surface area contributed by atoms with Crippen molar-refractivity contribution in [3.8, 4) is 44.8 Å². The van der Waals surface area contributed by atoms with Crippen LogP contribution in [-0.2, 0) is 12.8 Å². The minimum Gasteiger partial charge on any atom is -0.456 e. The maximum atomic E-state index is 6.64. The van der Waals surface area contributed by atoms with Crippen molar-refractivity contribution < 1.29 is 4.42 Å². The molecule has 310 valence electrons. The summed E-state index contributed by atoms with van der Waals surface area (Å²) in [5, 5.41) is 7.25. The zero-order valence-electron chi connectivity index (χ0n) is 36.2. The van der Waals surface area contributed by atoms with Gasteiger partial charge in [0, 0.05) is 49.3 Å². The van der Waals surface area contributed by atoms with Crippen LogP contribution in [0.15, 0.2) is 229 Å². The summed E-state index contributed by atoms with van der Waals surface area (Å²) in [6.07, 6.45) is 2.02. The quantitative estimate of drug-likeness (QED) is 0.164. The van der Waals surface area contributed by atoms with Crippen molar-refractivity contribution >= 4 is 65.6 Å². The van der Waals surface area contributed by atoms with Crippen LogP contribution in [0, 0.1) is 0 Å². The molecule has 1 atom stereocenters. The van der Waals surface area contributed by atoms with E-state index < -0.39 is 0 Å². The van der Waals surface area contributed by atoms with Crippen molar-refractivity contribution in [2.75, 3.05) is 0 Å². The van der Waals surface area contributed by atoms with Gasteiger partial charge >= 0.3 is 0 Å². The molecule has 1 unspecified atom stereocenters. The Kier molecular flexibility index (Phi) is 8.17. The van der Waals surface area contributed by atoms with E-state index in [1.54, 1.807) is 0 Å². The van der Waals surface area contributed by atoms with Crippen LogP contribution < -0.4 is 0 Å². The Morgan fingerprint density at radius 1 is 0.409 bits per heavy atom. The van der Waals surface area contributed by atoms with Crippen molar-refractivity contribution in [2.24, 2.45) is 0 Å². The van der Waals surface area contributed by atoms with Crippen LogP contribution in [-0.4, -0.2) is 9.13 Å². The first-order chi connectivity index (χ1) is 32.7. The van der Waals surface area contributed by atoms with Gasteiger partial charge in [0.15, 0.2) is 0 Å². The number of rotatable bonds is 6. The summed E-state index contributed by atoms with van der Waals surface area (Å²) in [5.74, 6) is 0.407. The third kappa shape index (κ3) is 5.63. The molecule has 3 heteroatoms. The number of fused-ring (bicyclic) bond motifs is 13. The SMILES string of the molecule is c1ccc(CC2Cc3ccc4c5cc(-c6cccc7oc8ccc(-c9ccc%10c(c9)c9ccccc9n%10-c9ccccc9)cc8c67)ccc5n(-c5ccccc5)c4c3-c3ccccc32)cc1. The molecule has 3 heterocycles. The molecule has 0 saturated heterocycles. The number of aromatic nitrogens is 2. The number of hydrogen-bond acceptors (Lipinski definition) is 1. The Morgan fingerprint density at radius 2 is 1.02 bits per heavy atom. The second-order valence-corrected chi connectivity index (χ2v) is 18.0. The van der Waals surface area contributed by atoms with Crippen LogP contribution >= 0.6 is 0 Å². The van der Waals surface area contributed by atoms with Crippen LogP contribution in [0.4, 0.5) is 0 Å². The van der Waals surface area contributed by atoms with Crippen molar-refractivity contribution in [1.29, 1.82) is 0 Å². The second-order valence-electron chi connectivity index (χ2n) is 18.0. The molecule has 3 nitrogen and oxygen atoms in total. The van der Waals surface area contributed by atoms with Gasteiger partial charge in [-0.15, -0.1) is 0 Å². The third-order valence-corrected chi connectivity index (χ3v) is 14.3. The fraction of sp³-hybridized carbons (Fsp3) is 0.0476. The predicted octanol–water partition coefficient (Wildman–Crippen LogP) is 16.7. The maximum Gasteiger partial charge on any atom is 0.136 e. The minimum atomic E-state index is 0.407. The van der Waals surface area contributed by atoms with Gasteiger partial charge in [0.05, 0.1) is 22.1 Å². The predicted molar refractivity (Wildman–Crippen MR) is 275 cm³/mol. The highest BCUT2D eigenvalue weighted by Gasteiger charge is 2.29. The van der Waals surface area contributed by atoms with Crippen molar-refractivity contribution in [2.45, 2.75) is 18.8 Å². The van der Waals surface area contributed by atoms with Gasteiger partial charge in [0.25, 0.3) is 0 Å². The average molecular weight is 843 g/mol. The van der Waals surface area contributed by atoms with Crippen LogP contribution in [0.25, 0.3) is 110 Å². The van der Waals surface area contributed by atoms with Gasteiger partial charge < -0.3 is 13.6 Å². The van der Waals surface area contributed by atoms with Crippen LogP contribution in [0.2, 0.25) is 0 Å². The van der Waals surface area contributed by atoms with E-state index in [1.165, 1.54) is 93.8 Å². The molecule has 3 aromatic heterocycles. The number of para-hydroxylation sites is 3. The van der Waals surface area contributed by atoms with Crippen molar-refractivity contribution in [3.05, 3.63) is 241 Å². The van der Waals surface area contributed by atoms with Gasteiger partial charge in [-0.05, 0) is 136 Å². The van der Waals surface area contributed by atoms with Crippen LogP contribution in [0.5, 0.6) is 0 Å². The topological polar surface area (TPSA) is 23.0 Å².